The molecule has 2 aromatic rings. The zero-order chi connectivity index (χ0) is 16.4. The van der Waals surface area contributed by atoms with Gasteiger partial charge in [-0.15, -0.1) is 0 Å². The van der Waals surface area contributed by atoms with Crippen molar-refractivity contribution in [3.8, 4) is 0 Å². The summed E-state index contributed by atoms with van der Waals surface area (Å²) < 4.78 is 29.0. The lowest BCUT2D eigenvalue weighted by atomic mass is 9.87. The zero-order valence-electron chi connectivity index (χ0n) is 13.3. The van der Waals surface area contributed by atoms with Crippen molar-refractivity contribution in [2.24, 2.45) is 0 Å². The fraction of sp³-hybridized carbons (Fsp3) is 0.467. The molecule has 0 aliphatic carbocycles. The molecule has 22 heavy (non-hydrogen) atoms. The summed E-state index contributed by atoms with van der Waals surface area (Å²) in [6.07, 6.45) is 2.98. The van der Waals surface area contributed by atoms with Gasteiger partial charge in [0, 0.05) is 6.04 Å². The highest BCUT2D eigenvalue weighted by Crippen LogP contribution is 2.23. The Hall–Kier alpha value is -1.73. The van der Waals surface area contributed by atoms with Gasteiger partial charge < -0.3 is 0 Å². The number of rotatable bonds is 5. The van der Waals surface area contributed by atoms with E-state index in [0.29, 0.717) is 6.54 Å². The highest BCUT2D eigenvalue weighted by molar-refractivity contribution is 7.89. The summed E-state index contributed by atoms with van der Waals surface area (Å²) in [5.74, 6) is 0. The van der Waals surface area contributed by atoms with Gasteiger partial charge in [0.25, 0.3) is 0 Å². The molecule has 0 spiro atoms. The van der Waals surface area contributed by atoms with Gasteiger partial charge in [0.1, 0.15) is 12.7 Å². The first-order valence-corrected chi connectivity index (χ1v) is 8.62. The molecule has 0 bridgehead atoms. The summed E-state index contributed by atoms with van der Waals surface area (Å²) in [6, 6.07) is 6.72. The summed E-state index contributed by atoms with van der Waals surface area (Å²) in [7, 11) is -3.54. The molecule has 0 saturated heterocycles. The molecule has 0 fully saturated rings. The maximum atomic E-state index is 12.4. The molecule has 0 radical (unpaired) electrons. The monoisotopic (exact) mass is 322 g/mol. The normalized spacial score (nSPS) is 14.0. The van der Waals surface area contributed by atoms with Gasteiger partial charge in [0.05, 0.1) is 11.4 Å². The average Bonchev–Trinajstić information content (AvgIpc) is 2.90. The summed E-state index contributed by atoms with van der Waals surface area (Å²) >= 11 is 0. The van der Waals surface area contributed by atoms with E-state index in [9.17, 15) is 8.42 Å². The van der Waals surface area contributed by atoms with Crippen molar-refractivity contribution in [1.29, 1.82) is 0 Å². The molecule has 1 heterocycles. The predicted octanol–water partition coefficient (Wildman–Crippen LogP) is 1.94. The van der Waals surface area contributed by atoms with E-state index >= 15 is 0 Å². The van der Waals surface area contributed by atoms with Gasteiger partial charge in [-0.1, -0.05) is 32.9 Å². The largest absolute Gasteiger partial charge is 0.251 e. The van der Waals surface area contributed by atoms with Gasteiger partial charge in [-0.2, -0.15) is 5.10 Å². The Bertz CT molecular complexity index is 701. The van der Waals surface area contributed by atoms with Crippen molar-refractivity contribution < 1.29 is 8.42 Å². The Kier molecular flexibility index (Phi) is 4.67. The second-order valence-electron chi connectivity index (χ2n) is 6.41. The number of nitrogens with one attached hydrogen (secondary N) is 1. The molecule has 7 heteroatoms. The fourth-order valence-corrected chi connectivity index (χ4v) is 3.35. The van der Waals surface area contributed by atoms with Crippen LogP contribution in [0, 0.1) is 0 Å². The summed E-state index contributed by atoms with van der Waals surface area (Å²) in [5.41, 5.74) is 1.10. The first kappa shape index (κ1) is 16.6. The maximum absolute atomic E-state index is 12.4. The number of hydrogen-bond donors (Lipinski definition) is 1. The molecule has 0 unspecified atom stereocenters. The Morgan fingerprint density at radius 2 is 1.86 bits per heavy atom. The van der Waals surface area contributed by atoms with Crippen LogP contribution in [0.4, 0.5) is 0 Å². The number of aromatic nitrogens is 3. The van der Waals surface area contributed by atoms with E-state index < -0.39 is 10.0 Å². The molecule has 1 atom stereocenters. The zero-order valence-corrected chi connectivity index (χ0v) is 14.1. The van der Waals surface area contributed by atoms with E-state index in [1.54, 1.807) is 30.1 Å². The summed E-state index contributed by atoms with van der Waals surface area (Å²) in [5, 5.41) is 3.97. The Morgan fingerprint density at radius 3 is 2.36 bits per heavy atom. The first-order chi connectivity index (χ1) is 10.2. The molecule has 0 aliphatic heterocycles. The van der Waals surface area contributed by atoms with Gasteiger partial charge in [-0.25, -0.2) is 18.1 Å². The van der Waals surface area contributed by atoms with Crippen LogP contribution >= 0.6 is 0 Å². The molecule has 120 valence electrons. The fourth-order valence-electron chi connectivity index (χ4n) is 2.11. The van der Waals surface area contributed by atoms with E-state index in [-0.39, 0.29) is 16.4 Å². The standard InChI is InChI=1S/C15H22N4O2S/c1-12(9-19-11-16-10-17-19)18-22(20,21)14-7-5-13(6-8-14)15(2,3)4/h5-8,10-12,18H,9H2,1-4H3/t12-/m0/s1. The molecular formula is C15H22N4O2S. The topological polar surface area (TPSA) is 76.9 Å². The van der Waals surface area contributed by atoms with Gasteiger partial charge in [0.2, 0.25) is 10.0 Å². The molecule has 1 aromatic carbocycles. The summed E-state index contributed by atoms with van der Waals surface area (Å²) in [4.78, 5) is 4.11. The van der Waals surface area contributed by atoms with Crippen LogP contribution in [0.1, 0.15) is 33.3 Å². The van der Waals surface area contributed by atoms with Crippen molar-refractivity contribution in [3.05, 3.63) is 42.5 Å². The number of benzene rings is 1. The molecule has 6 nitrogen and oxygen atoms in total. The van der Waals surface area contributed by atoms with Crippen molar-refractivity contribution >= 4 is 10.0 Å². The summed E-state index contributed by atoms with van der Waals surface area (Å²) in [6.45, 7) is 8.50. The van der Waals surface area contributed by atoms with E-state index in [0.717, 1.165) is 5.56 Å². The van der Waals surface area contributed by atoms with Crippen LogP contribution in [0.5, 0.6) is 0 Å². The highest BCUT2D eigenvalue weighted by atomic mass is 32.2. The molecule has 1 N–H and O–H groups in total. The van der Waals surface area contributed by atoms with Gasteiger partial charge in [-0.05, 0) is 30.0 Å². The third-order valence-corrected chi connectivity index (χ3v) is 4.92. The molecular weight excluding hydrogens is 300 g/mol. The van der Waals surface area contributed by atoms with Gasteiger partial charge in [-0.3, -0.25) is 4.68 Å². The van der Waals surface area contributed by atoms with Crippen LogP contribution in [0.15, 0.2) is 41.8 Å². The minimum atomic E-state index is -3.54. The minimum absolute atomic E-state index is 0.00386. The smallest absolute Gasteiger partial charge is 0.240 e. The van der Waals surface area contributed by atoms with E-state index in [4.69, 9.17) is 0 Å². The Labute approximate surface area is 131 Å². The number of hydrogen-bond acceptors (Lipinski definition) is 4. The number of sulfonamides is 1. The molecule has 1 aromatic heterocycles. The molecule has 0 saturated carbocycles. The Morgan fingerprint density at radius 1 is 1.23 bits per heavy atom. The van der Waals surface area contributed by atoms with Crippen molar-refractivity contribution in [1.82, 2.24) is 19.5 Å². The maximum Gasteiger partial charge on any atom is 0.240 e. The molecule has 0 amide bonds. The van der Waals surface area contributed by atoms with Crippen molar-refractivity contribution in [3.63, 3.8) is 0 Å². The van der Waals surface area contributed by atoms with E-state index in [1.807, 2.05) is 12.1 Å². The second-order valence-corrected chi connectivity index (χ2v) is 8.13. The lowest BCUT2D eigenvalue weighted by Gasteiger charge is -2.19. The predicted molar refractivity (Wildman–Crippen MR) is 84.9 cm³/mol. The first-order valence-electron chi connectivity index (χ1n) is 7.14. The van der Waals surface area contributed by atoms with Crippen molar-refractivity contribution in [2.75, 3.05) is 0 Å². The van der Waals surface area contributed by atoms with Crippen LogP contribution in [0.2, 0.25) is 0 Å². The molecule has 2 rings (SSSR count). The van der Waals surface area contributed by atoms with Crippen LogP contribution in [-0.2, 0) is 22.0 Å². The van der Waals surface area contributed by atoms with Gasteiger partial charge in [0.15, 0.2) is 0 Å². The minimum Gasteiger partial charge on any atom is -0.251 e. The molecule has 0 aliphatic rings. The van der Waals surface area contributed by atoms with Crippen LogP contribution in [0.3, 0.4) is 0 Å². The van der Waals surface area contributed by atoms with E-state index in [1.165, 1.54) is 6.33 Å². The lowest BCUT2D eigenvalue weighted by Crippen LogP contribution is -2.35. The van der Waals surface area contributed by atoms with Crippen molar-refractivity contribution in [2.45, 2.75) is 50.6 Å². The van der Waals surface area contributed by atoms with Gasteiger partial charge >= 0.3 is 0 Å². The van der Waals surface area contributed by atoms with E-state index in [2.05, 4.69) is 35.6 Å². The number of nitrogens with zero attached hydrogens (tertiary/aromatic N) is 3. The van der Waals surface area contributed by atoms with Crippen LogP contribution in [0.25, 0.3) is 0 Å². The lowest BCUT2D eigenvalue weighted by molar-refractivity contribution is 0.493. The van der Waals surface area contributed by atoms with Crippen LogP contribution < -0.4 is 4.72 Å². The third-order valence-electron chi connectivity index (χ3n) is 3.31. The average molecular weight is 322 g/mol. The second kappa shape index (κ2) is 6.18. The van der Waals surface area contributed by atoms with Crippen LogP contribution in [-0.4, -0.2) is 29.2 Å². The Balaban J connectivity index is 2.09. The third kappa shape index (κ3) is 4.14. The SMILES string of the molecule is C[C@@H](Cn1cncn1)NS(=O)(=O)c1ccc(C(C)(C)C)cc1. The highest BCUT2D eigenvalue weighted by Gasteiger charge is 2.19. The quantitative estimate of drug-likeness (QED) is 0.912.